The average Bonchev–Trinajstić information content (AvgIpc) is 3.07. The third-order valence-corrected chi connectivity index (χ3v) is 4.80. The summed E-state index contributed by atoms with van der Waals surface area (Å²) in [6.45, 7) is 4.51. The molecule has 1 aliphatic heterocycles. The van der Waals surface area contributed by atoms with Crippen LogP contribution in [0.15, 0.2) is 12.7 Å². The third-order valence-electron chi connectivity index (χ3n) is 4.80. The Kier molecular flexibility index (Phi) is 3.74. The number of hydrogen-bond donors (Lipinski definition) is 2. The highest BCUT2D eigenvalue weighted by Gasteiger charge is 2.49. The molecule has 0 bridgehead atoms. The second kappa shape index (κ2) is 5.52. The van der Waals surface area contributed by atoms with Crippen LogP contribution in [0.4, 0.5) is 0 Å². The number of nitrogens with one attached hydrogen (secondary N) is 2. The van der Waals surface area contributed by atoms with Gasteiger partial charge in [-0.2, -0.15) is 5.10 Å². The zero-order valence-corrected chi connectivity index (χ0v) is 12.0. The molecule has 2 aliphatic rings. The van der Waals surface area contributed by atoms with Crippen LogP contribution in [0.3, 0.4) is 0 Å². The van der Waals surface area contributed by atoms with Crippen LogP contribution in [-0.4, -0.2) is 39.8 Å². The van der Waals surface area contributed by atoms with E-state index in [1.165, 1.54) is 25.6 Å². The van der Waals surface area contributed by atoms with E-state index in [1.807, 2.05) is 6.92 Å². The third kappa shape index (κ3) is 2.44. The van der Waals surface area contributed by atoms with Crippen LogP contribution < -0.4 is 10.6 Å². The predicted molar refractivity (Wildman–Crippen MR) is 74.9 cm³/mol. The topological polar surface area (TPSA) is 71.8 Å². The summed E-state index contributed by atoms with van der Waals surface area (Å²) >= 11 is 0. The van der Waals surface area contributed by atoms with Gasteiger partial charge in [-0.05, 0) is 32.2 Å². The first-order chi connectivity index (χ1) is 9.71. The Morgan fingerprint density at radius 2 is 2.50 bits per heavy atom. The summed E-state index contributed by atoms with van der Waals surface area (Å²) in [5.41, 5.74) is -0.172. The number of aromatic nitrogens is 3. The molecule has 1 saturated carbocycles. The SMILES string of the molecule is CC(Cn1cncn1)NC(=O)[C@@]12CCCC[C@H]1CNC2. The van der Waals surface area contributed by atoms with Gasteiger partial charge < -0.3 is 10.6 Å². The molecule has 1 aliphatic carbocycles. The lowest BCUT2D eigenvalue weighted by molar-refractivity contribution is -0.134. The summed E-state index contributed by atoms with van der Waals surface area (Å²) in [6, 6.07) is 0.0711. The van der Waals surface area contributed by atoms with Crippen molar-refractivity contribution in [1.29, 1.82) is 0 Å². The Labute approximate surface area is 119 Å². The number of nitrogens with zero attached hydrogens (tertiary/aromatic N) is 3. The molecule has 6 heteroatoms. The van der Waals surface area contributed by atoms with Crippen molar-refractivity contribution in [3.63, 3.8) is 0 Å². The van der Waals surface area contributed by atoms with E-state index < -0.39 is 0 Å². The monoisotopic (exact) mass is 277 g/mol. The Morgan fingerprint density at radius 3 is 3.30 bits per heavy atom. The zero-order valence-electron chi connectivity index (χ0n) is 12.0. The van der Waals surface area contributed by atoms with Gasteiger partial charge >= 0.3 is 0 Å². The average molecular weight is 277 g/mol. The van der Waals surface area contributed by atoms with E-state index in [0.29, 0.717) is 12.5 Å². The Morgan fingerprint density at radius 1 is 1.60 bits per heavy atom. The Hall–Kier alpha value is -1.43. The van der Waals surface area contributed by atoms with E-state index in [1.54, 1.807) is 11.0 Å². The maximum Gasteiger partial charge on any atom is 0.228 e. The molecule has 2 fully saturated rings. The van der Waals surface area contributed by atoms with Crippen LogP contribution in [0.1, 0.15) is 32.6 Å². The second-order valence-corrected chi connectivity index (χ2v) is 6.22. The quantitative estimate of drug-likeness (QED) is 0.843. The molecule has 3 rings (SSSR count). The fourth-order valence-electron chi connectivity index (χ4n) is 3.71. The van der Waals surface area contributed by atoms with Gasteiger partial charge in [-0.1, -0.05) is 12.8 Å². The summed E-state index contributed by atoms with van der Waals surface area (Å²) in [5.74, 6) is 0.731. The molecule has 1 aromatic heterocycles. The molecule has 0 spiro atoms. The van der Waals surface area contributed by atoms with Gasteiger partial charge in [0, 0.05) is 12.6 Å². The Bertz CT molecular complexity index is 460. The number of carbonyl (C=O) groups is 1. The molecule has 0 aromatic carbocycles. The van der Waals surface area contributed by atoms with Gasteiger partial charge in [-0.15, -0.1) is 0 Å². The molecule has 0 radical (unpaired) electrons. The minimum atomic E-state index is -0.172. The summed E-state index contributed by atoms with van der Waals surface area (Å²) < 4.78 is 1.76. The molecule has 6 nitrogen and oxygen atoms in total. The van der Waals surface area contributed by atoms with Crippen LogP contribution in [0.5, 0.6) is 0 Å². The zero-order chi connectivity index (χ0) is 14.0. The first-order valence-electron chi connectivity index (χ1n) is 7.55. The molecule has 20 heavy (non-hydrogen) atoms. The molecule has 1 saturated heterocycles. The highest BCUT2D eigenvalue weighted by atomic mass is 16.2. The van der Waals surface area contributed by atoms with Crippen molar-refractivity contribution in [1.82, 2.24) is 25.4 Å². The molecule has 1 unspecified atom stereocenters. The second-order valence-electron chi connectivity index (χ2n) is 6.22. The lowest BCUT2D eigenvalue weighted by atomic mass is 9.67. The van der Waals surface area contributed by atoms with Crippen molar-refractivity contribution in [3.8, 4) is 0 Å². The van der Waals surface area contributed by atoms with Gasteiger partial charge in [-0.3, -0.25) is 9.48 Å². The van der Waals surface area contributed by atoms with Crippen LogP contribution in [-0.2, 0) is 11.3 Å². The lowest BCUT2D eigenvalue weighted by Gasteiger charge is -2.37. The first kappa shape index (κ1) is 13.5. The predicted octanol–water partition coefficient (Wildman–Crippen LogP) is 0.563. The number of rotatable bonds is 4. The number of carbonyl (C=O) groups excluding carboxylic acids is 1. The van der Waals surface area contributed by atoms with E-state index in [2.05, 4.69) is 20.7 Å². The molecule has 110 valence electrons. The molecular formula is C14H23N5O. The molecule has 3 atom stereocenters. The van der Waals surface area contributed by atoms with Gasteiger partial charge in [0.05, 0.1) is 12.0 Å². The van der Waals surface area contributed by atoms with Crippen LogP contribution >= 0.6 is 0 Å². The molecule has 1 amide bonds. The van der Waals surface area contributed by atoms with E-state index in [4.69, 9.17) is 0 Å². The van der Waals surface area contributed by atoms with Gasteiger partial charge in [0.15, 0.2) is 0 Å². The lowest BCUT2D eigenvalue weighted by Crippen LogP contribution is -2.51. The molecule has 2 heterocycles. The highest BCUT2D eigenvalue weighted by molar-refractivity contribution is 5.84. The van der Waals surface area contributed by atoms with E-state index >= 15 is 0 Å². The summed E-state index contributed by atoms with van der Waals surface area (Å²) in [4.78, 5) is 16.7. The standard InChI is InChI=1S/C14H23N5O/c1-11(7-19-10-16-9-17-19)18-13(20)14-5-3-2-4-12(14)6-15-8-14/h9-12,15H,2-8H2,1H3,(H,18,20)/t11?,12-,14+/m0/s1. The largest absolute Gasteiger partial charge is 0.351 e. The minimum Gasteiger partial charge on any atom is -0.351 e. The fraction of sp³-hybridized carbons (Fsp3) is 0.786. The number of hydrogen-bond acceptors (Lipinski definition) is 4. The van der Waals surface area contributed by atoms with Gasteiger partial charge in [0.25, 0.3) is 0 Å². The van der Waals surface area contributed by atoms with Crippen molar-refractivity contribution in [3.05, 3.63) is 12.7 Å². The van der Waals surface area contributed by atoms with E-state index in [-0.39, 0.29) is 17.4 Å². The maximum atomic E-state index is 12.7. The highest BCUT2D eigenvalue weighted by Crippen LogP contribution is 2.43. The maximum absolute atomic E-state index is 12.7. The van der Waals surface area contributed by atoms with E-state index in [0.717, 1.165) is 19.5 Å². The fourth-order valence-corrected chi connectivity index (χ4v) is 3.71. The summed E-state index contributed by atoms with van der Waals surface area (Å²) in [6.07, 6.45) is 7.83. The van der Waals surface area contributed by atoms with Crippen molar-refractivity contribution >= 4 is 5.91 Å². The van der Waals surface area contributed by atoms with Crippen molar-refractivity contribution in [2.75, 3.05) is 13.1 Å². The Balaban J connectivity index is 1.63. The van der Waals surface area contributed by atoms with Crippen molar-refractivity contribution in [2.45, 2.75) is 45.2 Å². The van der Waals surface area contributed by atoms with Gasteiger partial charge in [0.1, 0.15) is 12.7 Å². The number of fused-ring (bicyclic) bond motifs is 1. The molecule has 1 aromatic rings. The van der Waals surface area contributed by atoms with Crippen molar-refractivity contribution < 1.29 is 4.79 Å². The molecule has 2 N–H and O–H groups in total. The van der Waals surface area contributed by atoms with E-state index in [9.17, 15) is 4.79 Å². The minimum absolute atomic E-state index is 0.0711. The van der Waals surface area contributed by atoms with Gasteiger partial charge in [0.2, 0.25) is 5.91 Å². The van der Waals surface area contributed by atoms with Crippen LogP contribution in [0.2, 0.25) is 0 Å². The summed E-state index contributed by atoms with van der Waals surface area (Å²) in [5, 5.41) is 10.7. The van der Waals surface area contributed by atoms with Crippen LogP contribution in [0, 0.1) is 11.3 Å². The van der Waals surface area contributed by atoms with Crippen molar-refractivity contribution in [2.24, 2.45) is 11.3 Å². The summed E-state index contributed by atoms with van der Waals surface area (Å²) in [7, 11) is 0. The molecular weight excluding hydrogens is 254 g/mol. The smallest absolute Gasteiger partial charge is 0.228 e. The van der Waals surface area contributed by atoms with Gasteiger partial charge in [-0.25, -0.2) is 4.98 Å². The number of amides is 1. The normalized spacial score (nSPS) is 30.8. The first-order valence-corrected chi connectivity index (χ1v) is 7.55. The van der Waals surface area contributed by atoms with Crippen LogP contribution in [0.25, 0.3) is 0 Å².